The van der Waals surface area contributed by atoms with Crippen molar-refractivity contribution in [3.8, 4) is 0 Å². The third kappa shape index (κ3) is 10.8. The maximum absolute atomic E-state index is 13.0. The quantitative estimate of drug-likeness (QED) is 0.0722. The van der Waals surface area contributed by atoms with E-state index < -0.39 is 54.0 Å². The van der Waals surface area contributed by atoms with Gasteiger partial charge in [0.15, 0.2) is 5.96 Å². The first kappa shape index (κ1) is 31.1. The lowest BCUT2D eigenvalue weighted by Crippen LogP contribution is -2.61. The van der Waals surface area contributed by atoms with Gasteiger partial charge in [0.05, 0.1) is 12.1 Å². The summed E-state index contributed by atoms with van der Waals surface area (Å²) >= 11 is 0. The van der Waals surface area contributed by atoms with Gasteiger partial charge in [-0.05, 0) is 31.6 Å². The van der Waals surface area contributed by atoms with Crippen LogP contribution >= 0.6 is 0 Å². The average Bonchev–Trinajstić information content (AvgIpc) is 2.75. The van der Waals surface area contributed by atoms with Crippen molar-refractivity contribution >= 4 is 29.7 Å². The standard InChI is InChI=1S/C21H41N7O6/c1-6-11(4)15(27-17(30)14(22)10(2)3)18(31)28-16(12(5)29)19(32)26-13(20(33)34)8-7-9-25-21(23)24/h10-16,29H,6-9,22H2,1-5H3,(H,26,32)(H,27,30)(H,28,31)(H,33,34)(H4,23,24,25). The number of aliphatic hydroxyl groups is 1. The molecule has 0 aromatic heterocycles. The van der Waals surface area contributed by atoms with Gasteiger partial charge in [-0.3, -0.25) is 19.4 Å². The van der Waals surface area contributed by atoms with Crippen molar-refractivity contribution in [3.63, 3.8) is 0 Å². The molecule has 0 saturated heterocycles. The Labute approximate surface area is 200 Å². The lowest BCUT2D eigenvalue weighted by atomic mass is 9.96. The zero-order chi connectivity index (χ0) is 26.6. The second kappa shape index (κ2) is 15.1. The van der Waals surface area contributed by atoms with E-state index in [-0.39, 0.29) is 37.2 Å². The van der Waals surface area contributed by atoms with E-state index in [0.29, 0.717) is 6.42 Å². The Balaban J connectivity index is 5.42. The number of rotatable bonds is 15. The molecule has 0 rings (SSSR count). The predicted octanol–water partition coefficient (Wildman–Crippen LogP) is -2.01. The highest BCUT2D eigenvalue weighted by Gasteiger charge is 2.34. The van der Waals surface area contributed by atoms with Crippen LogP contribution in [0.3, 0.4) is 0 Å². The lowest BCUT2D eigenvalue weighted by Gasteiger charge is -2.29. The molecule has 0 bridgehead atoms. The largest absolute Gasteiger partial charge is 0.480 e. The van der Waals surface area contributed by atoms with Crippen molar-refractivity contribution in [2.24, 2.45) is 34.0 Å². The van der Waals surface area contributed by atoms with Gasteiger partial charge in [0.2, 0.25) is 17.7 Å². The van der Waals surface area contributed by atoms with E-state index in [9.17, 15) is 29.4 Å². The molecular formula is C21H41N7O6. The molecule has 0 aromatic carbocycles. The number of carbonyl (C=O) groups excluding carboxylic acids is 3. The molecule has 3 amide bonds. The van der Waals surface area contributed by atoms with Crippen LogP contribution in [0.15, 0.2) is 4.99 Å². The van der Waals surface area contributed by atoms with Crippen molar-refractivity contribution in [1.29, 1.82) is 0 Å². The summed E-state index contributed by atoms with van der Waals surface area (Å²) in [5, 5.41) is 26.9. The summed E-state index contributed by atoms with van der Waals surface area (Å²) in [6, 6.07) is -4.57. The van der Waals surface area contributed by atoms with Gasteiger partial charge < -0.3 is 43.4 Å². The van der Waals surface area contributed by atoms with Gasteiger partial charge in [0.1, 0.15) is 18.1 Å². The number of hydrogen-bond acceptors (Lipinski definition) is 7. The maximum Gasteiger partial charge on any atom is 0.326 e. The van der Waals surface area contributed by atoms with Gasteiger partial charge in [-0.1, -0.05) is 34.1 Å². The third-order valence-electron chi connectivity index (χ3n) is 5.44. The third-order valence-corrected chi connectivity index (χ3v) is 5.44. The van der Waals surface area contributed by atoms with Crippen LogP contribution in [0.2, 0.25) is 0 Å². The van der Waals surface area contributed by atoms with Crippen LogP contribution in [-0.2, 0) is 19.2 Å². The summed E-state index contributed by atoms with van der Waals surface area (Å²) in [7, 11) is 0. The van der Waals surface area contributed by atoms with Crippen LogP contribution in [-0.4, -0.2) is 76.7 Å². The van der Waals surface area contributed by atoms with E-state index in [1.807, 2.05) is 6.92 Å². The van der Waals surface area contributed by atoms with Gasteiger partial charge in [-0.25, -0.2) is 4.79 Å². The van der Waals surface area contributed by atoms with E-state index >= 15 is 0 Å². The zero-order valence-corrected chi connectivity index (χ0v) is 20.6. The number of aliphatic carboxylic acids is 1. The van der Waals surface area contributed by atoms with E-state index in [0.717, 1.165) is 0 Å². The number of hydrogen-bond donors (Lipinski definition) is 8. The summed E-state index contributed by atoms with van der Waals surface area (Å²) in [5.41, 5.74) is 16.3. The molecule has 0 radical (unpaired) electrons. The molecule has 34 heavy (non-hydrogen) atoms. The number of aliphatic hydroxyl groups excluding tert-OH is 1. The van der Waals surface area contributed by atoms with Crippen LogP contribution in [0, 0.1) is 11.8 Å². The normalized spacial score (nSPS) is 16.4. The van der Waals surface area contributed by atoms with E-state index in [2.05, 4.69) is 20.9 Å². The van der Waals surface area contributed by atoms with Crippen molar-refractivity contribution in [2.75, 3.05) is 6.54 Å². The molecule has 196 valence electrons. The number of carboxylic acids is 1. The molecule has 0 aliphatic heterocycles. The Morgan fingerprint density at radius 3 is 1.88 bits per heavy atom. The molecule has 6 atom stereocenters. The number of nitrogens with two attached hydrogens (primary N) is 3. The van der Waals surface area contributed by atoms with Crippen LogP contribution in [0.5, 0.6) is 0 Å². The number of aliphatic imine (C=N–C) groups is 1. The van der Waals surface area contributed by atoms with Crippen molar-refractivity contribution in [1.82, 2.24) is 16.0 Å². The van der Waals surface area contributed by atoms with Gasteiger partial charge in [-0.15, -0.1) is 0 Å². The smallest absolute Gasteiger partial charge is 0.326 e. The number of amides is 3. The zero-order valence-electron chi connectivity index (χ0n) is 20.6. The van der Waals surface area contributed by atoms with Gasteiger partial charge in [-0.2, -0.15) is 0 Å². The highest BCUT2D eigenvalue weighted by Crippen LogP contribution is 2.11. The fraction of sp³-hybridized carbons (Fsp3) is 0.762. The highest BCUT2D eigenvalue weighted by atomic mass is 16.4. The number of nitrogens with zero attached hydrogens (tertiary/aromatic N) is 1. The molecule has 0 aromatic rings. The molecule has 0 spiro atoms. The summed E-state index contributed by atoms with van der Waals surface area (Å²) in [6.45, 7) is 8.58. The Morgan fingerprint density at radius 1 is 0.912 bits per heavy atom. The van der Waals surface area contributed by atoms with Gasteiger partial charge in [0.25, 0.3) is 0 Å². The molecule has 11 N–H and O–H groups in total. The Hall–Kier alpha value is -2.93. The molecule has 0 saturated carbocycles. The van der Waals surface area contributed by atoms with Crippen LogP contribution in [0.4, 0.5) is 0 Å². The van der Waals surface area contributed by atoms with Gasteiger partial charge >= 0.3 is 5.97 Å². The second-order valence-electron chi connectivity index (χ2n) is 8.72. The summed E-state index contributed by atoms with van der Waals surface area (Å²) in [4.78, 5) is 53.4. The summed E-state index contributed by atoms with van der Waals surface area (Å²) in [5.74, 6) is -3.98. The fourth-order valence-electron chi connectivity index (χ4n) is 2.92. The first-order valence-electron chi connectivity index (χ1n) is 11.4. The summed E-state index contributed by atoms with van der Waals surface area (Å²) < 4.78 is 0. The molecule has 0 heterocycles. The van der Waals surface area contributed by atoms with Crippen molar-refractivity contribution in [2.45, 2.75) is 84.2 Å². The molecule has 13 nitrogen and oxygen atoms in total. The Kier molecular flexibility index (Phi) is 13.8. The SMILES string of the molecule is CCC(C)C(NC(=O)C(N)C(C)C)C(=O)NC(C(=O)NC(CCCN=C(N)N)C(=O)O)C(C)O. The maximum atomic E-state index is 13.0. The minimum atomic E-state index is -1.45. The molecule has 13 heteroatoms. The minimum Gasteiger partial charge on any atom is -0.480 e. The molecule has 0 aliphatic rings. The average molecular weight is 488 g/mol. The topological polar surface area (TPSA) is 235 Å². The van der Waals surface area contributed by atoms with E-state index in [4.69, 9.17) is 17.2 Å². The second-order valence-corrected chi connectivity index (χ2v) is 8.72. The molecule has 0 fully saturated rings. The predicted molar refractivity (Wildman–Crippen MR) is 127 cm³/mol. The van der Waals surface area contributed by atoms with Crippen LogP contribution < -0.4 is 33.2 Å². The molecule has 0 aliphatic carbocycles. The van der Waals surface area contributed by atoms with Crippen LogP contribution in [0.25, 0.3) is 0 Å². The molecular weight excluding hydrogens is 446 g/mol. The van der Waals surface area contributed by atoms with Gasteiger partial charge in [0, 0.05) is 6.54 Å². The van der Waals surface area contributed by atoms with Crippen molar-refractivity contribution < 1.29 is 29.4 Å². The van der Waals surface area contributed by atoms with Crippen LogP contribution in [0.1, 0.15) is 53.9 Å². The van der Waals surface area contributed by atoms with E-state index in [1.165, 1.54) is 6.92 Å². The number of carbonyl (C=O) groups is 4. The molecule has 6 unspecified atom stereocenters. The minimum absolute atomic E-state index is 0.0248. The Bertz CT molecular complexity index is 724. The number of nitrogens with one attached hydrogen (secondary N) is 3. The number of guanidine groups is 1. The highest BCUT2D eigenvalue weighted by molar-refractivity contribution is 5.94. The monoisotopic (exact) mass is 487 g/mol. The first-order valence-corrected chi connectivity index (χ1v) is 11.4. The first-order chi connectivity index (χ1) is 15.7. The van der Waals surface area contributed by atoms with E-state index in [1.54, 1.807) is 20.8 Å². The fourth-order valence-corrected chi connectivity index (χ4v) is 2.92. The van der Waals surface area contributed by atoms with Crippen molar-refractivity contribution in [3.05, 3.63) is 0 Å². The summed E-state index contributed by atoms with van der Waals surface area (Å²) in [6.07, 6.45) is -0.500. The Morgan fingerprint density at radius 2 is 1.44 bits per heavy atom. The number of carboxylic acid groups (broad SMARTS) is 1. The lowest BCUT2D eigenvalue weighted by molar-refractivity contribution is -0.143.